The molecule has 0 unspecified atom stereocenters. The topological polar surface area (TPSA) is 116 Å². The molecule has 0 aliphatic rings. The van der Waals surface area contributed by atoms with Crippen LogP contribution in [0.1, 0.15) is 16.1 Å². The van der Waals surface area contributed by atoms with Gasteiger partial charge in [0.05, 0.1) is 27.0 Å². The predicted molar refractivity (Wildman–Crippen MR) is 78.4 cm³/mol. The second-order valence-electron chi connectivity index (χ2n) is 4.59. The highest BCUT2D eigenvalue weighted by atomic mass is 16.5. The lowest BCUT2D eigenvalue weighted by Crippen LogP contribution is -2.23. The van der Waals surface area contributed by atoms with Gasteiger partial charge in [-0.1, -0.05) is 5.21 Å². The summed E-state index contributed by atoms with van der Waals surface area (Å²) in [6.45, 7) is -0.161. The van der Waals surface area contributed by atoms with Gasteiger partial charge >= 0.3 is 5.97 Å². The fourth-order valence-electron chi connectivity index (χ4n) is 1.85. The maximum absolute atomic E-state index is 12.2. The molecule has 1 heterocycles. The number of benzene rings is 1. The van der Waals surface area contributed by atoms with Crippen molar-refractivity contribution in [2.24, 2.45) is 0 Å². The zero-order chi connectivity index (χ0) is 16.8. The summed E-state index contributed by atoms with van der Waals surface area (Å²) in [6.07, 6.45) is 1.46. The van der Waals surface area contributed by atoms with Crippen LogP contribution in [0.4, 0.5) is 0 Å². The van der Waals surface area contributed by atoms with Gasteiger partial charge in [-0.3, -0.25) is 9.59 Å². The molecule has 0 bridgehead atoms. The van der Waals surface area contributed by atoms with E-state index in [1.807, 2.05) is 0 Å². The van der Waals surface area contributed by atoms with Crippen molar-refractivity contribution >= 4 is 11.9 Å². The molecule has 0 saturated carbocycles. The molecule has 0 aliphatic heterocycles. The standard InChI is InChI=1S/C14H16N4O5/c1-22-11-3-9(4-12(5-11)23-2)14(21)15-6-10-7-18(17-16-10)8-13(19)20/h3-5,7H,6,8H2,1-2H3,(H,15,21)(H,19,20). The third-order valence-electron chi connectivity index (χ3n) is 2.93. The van der Waals surface area contributed by atoms with Gasteiger partial charge in [-0.15, -0.1) is 5.10 Å². The number of methoxy groups -OCH3 is 2. The number of hydrogen-bond donors (Lipinski definition) is 2. The van der Waals surface area contributed by atoms with Crippen molar-refractivity contribution in [3.63, 3.8) is 0 Å². The highest BCUT2D eigenvalue weighted by molar-refractivity contribution is 5.95. The SMILES string of the molecule is COc1cc(OC)cc(C(=O)NCc2cn(CC(=O)O)nn2)c1. The van der Waals surface area contributed by atoms with Crippen molar-refractivity contribution in [1.82, 2.24) is 20.3 Å². The third-order valence-corrected chi connectivity index (χ3v) is 2.93. The van der Waals surface area contributed by atoms with Crippen molar-refractivity contribution in [3.05, 3.63) is 35.7 Å². The van der Waals surface area contributed by atoms with Gasteiger partial charge in [0.2, 0.25) is 0 Å². The molecule has 122 valence electrons. The molecule has 0 spiro atoms. The Hall–Kier alpha value is -3.10. The van der Waals surface area contributed by atoms with Crippen molar-refractivity contribution in [2.75, 3.05) is 14.2 Å². The Morgan fingerprint density at radius 2 is 1.87 bits per heavy atom. The van der Waals surface area contributed by atoms with Crippen LogP contribution in [-0.4, -0.2) is 46.2 Å². The van der Waals surface area contributed by atoms with E-state index in [1.54, 1.807) is 18.2 Å². The third kappa shape index (κ3) is 4.43. The molecular formula is C14H16N4O5. The number of carboxylic acids is 1. The molecular weight excluding hydrogens is 304 g/mol. The van der Waals surface area contributed by atoms with Crippen LogP contribution >= 0.6 is 0 Å². The smallest absolute Gasteiger partial charge is 0.325 e. The minimum Gasteiger partial charge on any atom is -0.497 e. The minimum atomic E-state index is -1.02. The lowest BCUT2D eigenvalue weighted by Gasteiger charge is -2.08. The Labute approximate surface area is 131 Å². The number of rotatable bonds is 7. The minimum absolute atomic E-state index is 0.123. The van der Waals surface area contributed by atoms with E-state index < -0.39 is 5.97 Å². The highest BCUT2D eigenvalue weighted by Crippen LogP contribution is 2.22. The van der Waals surface area contributed by atoms with E-state index in [9.17, 15) is 9.59 Å². The summed E-state index contributed by atoms with van der Waals surface area (Å²) in [6, 6.07) is 4.83. The van der Waals surface area contributed by atoms with E-state index in [4.69, 9.17) is 14.6 Å². The average Bonchev–Trinajstić information content (AvgIpc) is 2.98. The summed E-state index contributed by atoms with van der Waals surface area (Å²) in [7, 11) is 2.99. The summed E-state index contributed by atoms with van der Waals surface area (Å²) >= 11 is 0. The van der Waals surface area contributed by atoms with Crippen molar-refractivity contribution in [2.45, 2.75) is 13.1 Å². The number of amides is 1. The molecule has 1 aromatic heterocycles. The van der Waals surface area contributed by atoms with Crippen molar-refractivity contribution < 1.29 is 24.2 Å². The maximum atomic E-state index is 12.2. The molecule has 0 radical (unpaired) electrons. The Morgan fingerprint density at radius 3 is 2.43 bits per heavy atom. The van der Waals surface area contributed by atoms with Crippen molar-refractivity contribution in [3.8, 4) is 11.5 Å². The Kier molecular flexibility index (Phi) is 5.13. The van der Waals surface area contributed by atoms with E-state index in [0.717, 1.165) is 0 Å². The van der Waals surface area contributed by atoms with Crippen molar-refractivity contribution in [1.29, 1.82) is 0 Å². The zero-order valence-corrected chi connectivity index (χ0v) is 12.6. The molecule has 2 rings (SSSR count). The molecule has 2 aromatic rings. The van der Waals surface area contributed by atoms with Crippen LogP contribution in [0.5, 0.6) is 11.5 Å². The molecule has 0 atom stereocenters. The summed E-state index contributed by atoms with van der Waals surface area (Å²) in [5.74, 6) is -0.354. The fourth-order valence-corrected chi connectivity index (χ4v) is 1.85. The van der Waals surface area contributed by atoms with Crippen LogP contribution in [0.25, 0.3) is 0 Å². The normalized spacial score (nSPS) is 10.2. The first-order valence-corrected chi connectivity index (χ1v) is 6.64. The zero-order valence-electron chi connectivity index (χ0n) is 12.6. The average molecular weight is 320 g/mol. The first-order valence-electron chi connectivity index (χ1n) is 6.64. The summed E-state index contributed by atoms with van der Waals surface area (Å²) in [5, 5.41) is 18.8. The van der Waals surface area contributed by atoms with Crippen LogP contribution in [-0.2, 0) is 17.9 Å². The first-order chi connectivity index (χ1) is 11.0. The molecule has 2 N–H and O–H groups in total. The summed E-state index contributed by atoms with van der Waals surface area (Å²) in [5.41, 5.74) is 0.827. The molecule has 1 amide bonds. The van der Waals surface area contributed by atoms with Gasteiger partial charge in [-0.2, -0.15) is 0 Å². The van der Waals surface area contributed by atoms with Gasteiger partial charge in [0.15, 0.2) is 0 Å². The van der Waals surface area contributed by atoms with Crippen LogP contribution in [0.3, 0.4) is 0 Å². The number of aromatic nitrogens is 3. The van der Waals surface area contributed by atoms with Gasteiger partial charge in [0, 0.05) is 11.6 Å². The molecule has 23 heavy (non-hydrogen) atoms. The number of hydrogen-bond acceptors (Lipinski definition) is 6. The Bertz CT molecular complexity index is 691. The number of aliphatic carboxylic acids is 1. The van der Waals surface area contributed by atoms with E-state index in [0.29, 0.717) is 22.8 Å². The molecule has 0 saturated heterocycles. The molecule has 1 aromatic carbocycles. The first kappa shape index (κ1) is 16.3. The molecule has 9 nitrogen and oxygen atoms in total. The van der Waals surface area contributed by atoms with Crippen LogP contribution in [0.15, 0.2) is 24.4 Å². The van der Waals surface area contributed by atoms with Gasteiger partial charge in [-0.25, -0.2) is 4.68 Å². The lowest BCUT2D eigenvalue weighted by molar-refractivity contribution is -0.137. The summed E-state index contributed by atoms with van der Waals surface area (Å²) in [4.78, 5) is 22.7. The Morgan fingerprint density at radius 1 is 1.22 bits per heavy atom. The maximum Gasteiger partial charge on any atom is 0.325 e. The van der Waals surface area contributed by atoms with Gasteiger partial charge in [-0.05, 0) is 12.1 Å². The molecule has 9 heteroatoms. The van der Waals surface area contributed by atoms with Crippen LogP contribution in [0.2, 0.25) is 0 Å². The largest absolute Gasteiger partial charge is 0.497 e. The monoisotopic (exact) mass is 320 g/mol. The number of nitrogens with zero attached hydrogens (tertiary/aromatic N) is 3. The number of carboxylic acid groups (broad SMARTS) is 1. The number of carbonyl (C=O) groups is 2. The number of ether oxygens (including phenoxy) is 2. The van der Waals surface area contributed by atoms with Gasteiger partial charge in [0.25, 0.3) is 5.91 Å². The van der Waals surface area contributed by atoms with Gasteiger partial charge in [0.1, 0.15) is 23.7 Å². The molecule has 0 fully saturated rings. The second-order valence-corrected chi connectivity index (χ2v) is 4.59. The van der Waals surface area contributed by atoms with E-state index >= 15 is 0 Å². The lowest BCUT2D eigenvalue weighted by atomic mass is 10.2. The number of nitrogens with one attached hydrogen (secondary N) is 1. The fraction of sp³-hybridized carbons (Fsp3) is 0.286. The van der Waals surface area contributed by atoms with E-state index in [1.165, 1.54) is 25.1 Å². The number of carbonyl (C=O) groups excluding carboxylic acids is 1. The Balaban J connectivity index is 2.02. The summed E-state index contributed by atoms with van der Waals surface area (Å²) < 4.78 is 11.4. The van der Waals surface area contributed by atoms with E-state index in [2.05, 4.69) is 15.6 Å². The molecule has 0 aliphatic carbocycles. The highest BCUT2D eigenvalue weighted by Gasteiger charge is 2.11. The van der Waals surface area contributed by atoms with Crippen LogP contribution in [0, 0.1) is 0 Å². The van der Waals surface area contributed by atoms with Crippen LogP contribution < -0.4 is 14.8 Å². The van der Waals surface area contributed by atoms with E-state index in [-0.39, 0.29) is 19.0 Å². The quantitative estimate of drug-likeness (QED) is 0.754. The van der Waals surface area contributed by atoms with Gasteiger partial charge < -0.3 is 19.9 Å². The predicted octanol–water partition coefficient (Wildman–Crippen LogP) is 0.310. The second kappa shape index (κ2) is 7.25.